The number of hydrogen-bond acceptors (Lipinski definition) is 10. The van der Waals surface area contributed by atoms with E-state index in [0.29, 0.717) is 25.7 Å². The second kappa shape index (κ2) is 61.2. The van der Waals surface area contributed by atoms with E-state index in [1.54, 1.807) is 0 Å². The molecular formula is C68H115O11P. The Hall–Kier alpha value is -3.86. The van der Waals surface area contributed by atoms with Gasteiger partial charge in [-0.25, -0.2) is 4.57 Å². The van der Waals surface area contributed by atoms with Crippen molar-refractivity contribution in [2.24, 2.45) is 0 Å². The molecule has 0 aliphatic rings. The number of carbonyl (C=O) groups excluding carboxylic acids is 3. The average molecular weight is 1140 g/mol. The van der Waals surface area contributed by atoms with Crippen molar-refractivity contribution in [1.82, 2.24) is 0 Å². The Morgan fingerprint density at radius 3 is 1.09 bits per heavy atom. The minimum absolute atomic E-state index is 0.0814. The fraction of sp³-hybridized carbons (Fsp3) is 0.691. The molecule has 0 aliphatic carbocycles. The summed E-state index contributed by atoms with van der Waals surface area (Å²) in [6.07, 6.45) is 74.7. The Bertz CT molecular complexity index is 1760. The van der Waals surface area contributed by atoms with Crippen LogP contribution in [0.2, 0.25) is 0 Å². The van der Waals surface area contributed by atoms with Crippen LogP contribution in [0.25, 0.3) is 0 Å². The molecule has 0 aromatic carbocycles. The molecule has 3 unspecified atom stereocenters. The normalized spacial score (nSPS) is 14.0. The minimum atomic E-state index is -4.78. The predicted molar refractivity (Wildman–Crippen MR) is 334 cm³/mol. The van der Waals surface area contributed by atoms with Crippen molar-refractivity contribution in [3.8, 4) is 0 Å². The van der Waals surface area contributed by atoms with Gasteiger partial charge in [-0.1, -0.05) is 233 Å². The maximum absolute atomic E-state index is 12.9. The third kappa shape index (κ3) is 58.8. The summed E-state index contributed by atoms with van der Waals surface area (Å²) in [5, 5.41) is 9.85. The highest BCUT2D eigenvalue weighted by molar-refractivity contribution is 7.47. The number of unbranched alkanes of at least 4 members (excludes halogenated alkanes) is 23. The summed E-state index contributed by atoms with van der Waals surface area (Å²) in [7, 11) is -4.78. The summed E-state index contributed by atoms with van der Waals surface area (Å²) in [5.74, 6) is -1.56. The first-order chi connectivity index (χ1) is 39.2. The van der Waals surface area contributed by atoms with E-state index in [-0.39, 0.29) is 25.9 Å². The molecule has 12 heteroatoms. The second-order valence-electron chi connectivity index (χ2n) is 20.8. The number of phosphoric acid groups is 1. The van der Waals surface area contributed by atoms with Crippen LogP contribution < -0.4 is 0 Å². The van der Waals surface area contributed by atoms with Crippen LogP contribution in [0.3, 0.4) is 0 Å². The third-order valence-electron chi connectivity index (χ3n) is 13.1. The summed E-state index contributed by atoms with van der Waals surface area (Å²) >= 11 is 0. The molecule has 11 nitrogen and oxygen atoms in total. The molecule has 0 bridgehead atoms. The molecular weight excluding hydrogens is 1020 g/mol. The first kappa shape index (κ1) is 76.1. The van der Waals surface area contributed by atoms with Crippen molar-refractivity contribution < 1.29 is 52.2 Å². The molecule has 0 amide bonds. The zero-order valence-corrected chi connectivity index (χ0v) is 51.7. The van der Waals surface area contributed by atoms with Gasteiger partial charge in [0.2, 0.25) is 0 Å². The van der Waals surface area contributed by atoms with Gasteiger partial charge in [-0.3, -0.25) is 23.4 Å². The smallest absolute Gasteiger partial charge is 0.462 e. The molecule has 2 N–H and O–H groups in total. The number of phosphoric ester groups is 1. The number of carbonyl (C=O) groups is 3. The lowest BCUT2D eigenvalue weighted by Gasteiger charge is -2.21. The average Bonchev–Trinajstić information content (AvgIpc) is 3.45. The van der Waals surface area contributed by atoms with E-state index in [0.717, 1.165) is 109 Å². The van der Waals surface area contributed by atoms with Crippen LogP contribution in [0.1, 0.15) is 265 Å². The molecule has 0 aliphatic heterocycles. The fourth-order valence-electron chi connectivity index (χ4n) is 8.33. The van der Waals surface area contributed by atoms with Gasteiger partial charge < -0.3 is 24.2 Å². The Labute approximate surface area is 488 Å². The number of ether oxygens (including phenoxy) is 3. The topological polar surface area (TPSA) is 155 Å². The van der Waals surface area contributed by atoms with Gasteiger partial charge in [0, 0.05) is 19.3 Å². The van der Waals surface area contributed by atoms with Gasteiger partial charge in [0.25, 0.3) is 0 Å². The molecule has 0 rings (SSSR count). The lowest BCUT2D eigenvalue weighted by molar-refractivity contribution is -0.161. The van der Waals surface area contributed by atoms with Crippen molar-refractivity contribution in [2.75, 3.05) is 26.4 Å². The summed E-state index contributed by atoms with van der Waals surface area (Å²) in [5.41, 5.74) is 0. The quantitative estimate of drug-likeness (QED) is 0.0197. The van der Waals surface area contributed by atoms with E-state index in [4.69, 9.17) is 23.3 Å². The standard InChI is InChI=1S/C68H115O11P/c1-4-7-10-13-16-19-22-25-28-31-32-35-36-39-42-45-48-51-54-57-66(70)75-61-65(79-68(72)59-56-53-50-47-44-41-38-34-30-27-24-21-18-15-12-9-6-3)63-77-80(73,74)76-62-64(60-69)78-67(71)58-55-52-49-46-43-40-37-33-29-26-23-20-17-14-11-8-5-2/h9,12,16,18-19,21,25-30,32,35,38,41,47,50,64-65,69H,4-8,10-11,13-15,17,20,22-24,31,33-34,36-37,39-40,42-46,48-49,51-63H2,1-3H3,(H,73,74)/b12-9-,19-16-,21-18-,28-25-,29-26-,30-27-,35-32-,41-38-,50-47-. The van der Waals surface area contributed by atoms with Gasteiger partial charge in [-0.2, -0.15) is 0 Å². The van der Waals surface area contributed by atoms with Gasteiger partial charge >= 0.3 is 25.7 Å². The van der Waals surface area contributed by atoms with E-state index in [1.165, 1.54) is 89.9 Å². The van der Waals surface area contributed by atoms with Gasteiger partial charge in [-0.05, 0) is 122 Å². The van der Waals surface area contributed by atoms with Crippen LogP contribution in [-0.2, 0) is 42.2 Å². The van der Waals surface area contributed by atoms with E-state index in [1.807, 2.05) is 12.2 Å². The second-order valence-corrected chi connectivity index (χ2v) is 22.3. The zero-order chi connectivity index (χ0) is 58.3. The Kier molecular flexibility index (Phi) is 58.3. The molecule has 0 saturated carbocycles. The molecule has 0 aromatic heterocycles. The molecule has 0 spiro atoms. The Balaban J connectivity index is 4.80. The highest BCUT2D eigenvalue weighted by Crippen LogP contribution is 2.43. The summed E-state index contributed by atoms with van der Waals surface area (Å²) in [6, 6.07) is 0. The van der Waals surface area contributed by atoms with Crippen LogP contribution in [0.5, 0.6) is 0 Å². The lowest BCUT2D eigenvalue weighted by Crippen LogP contribution is -2.30. The summed E-state index contributed by atoms with van der Waals surface area (Å²) in [6.45, 7) is 4.43. The zero-order valence-electron chi connectivity index (χ0n) is 50.8. The monoisotopic (exact) mass is 1140 g/mol. The van der Waals surface area contributed by atoms with Crippen molar-refractivity contribution in [1.29, 1.82) is 0 Å². The molecule has 3 atom stereocenters. The van der Waals surface area contributed by atoms with Crippen LogP contribution in [-0.4, -0.2) is 66.5 Å². The predicted octanol–water partition coefficient (Wildman–Crippen LogP) is 19.4. The van der Waals surface area contributed by atoms with E-state index in [2.05, 4.69) is 118 Å². The SMILES string of the molecule is CC/C=C\C/C=C\C/C=C\C/C=C\C/C=C\CCCC(=O)OC(COC(=O)CCCCCCCC/C=C\C/C=C\C/C=C\CCCCC)COP(=O)(O)OCC(CO)OC(=O)CCCCCCCCC/C=C\CCCCCCCC. The number of esters is 3. The van der Waals surface area contributed by atoms with E-state index >= 15 is 0 Å². The van der Waals surface area contributed by atoms with Crippen molar-refractivity contribution in [3.05, 3.63) is 109 Å². The van der Waals surface area contributed by atoms with Crippen LogP contribution in [0.15, 0.2) is 109 Å². The van der Waals surface area contributed by atoms with Gasteiger partial charge in [-0.15, -0.1) is 0 Å². The first-order valence-corrected chi connectivity index (χ1v) is 33.3. The van der Waals surface area contributed by atoms with Crippen molar-refractivity contribution in [2.45, 2.75) is 277 Å². The molecule has 458 valence electrons. The fourth-order valence-corrected chi connectivity index (χ4v) is 9.12. The van der Waals surface area contributed by atoms with Gasteiger partial charge in [0.05, 0.1) is 19.8 Å². The lowest BCUT2D eigenvalue weighted by atomic mass is 10.1. The molecule has 0 heterocycles. The maximum atomic E-state index is 12.9. The van der Waals surface area contributed by atoms with Gasteiger partial charge in [0.15, 0.2) is 6.10 Å². The number of allylic oxidation sites excluding steroid dienone is 18. The van der Waals surface area contributed by atoms with E-state index < -0.39 is 57.8 Å². The first-order valence-electron chi connectivity index (χ1n) is 31.8. The Morgan fingerprint density at radius 2 is 0.662 bits per heavy atom. The number of aliphatic hydroxyl groups is 1. The number of hydrogen-bond donors (Lipinski definition) is 2. The molecule has 0 radical (unpaired) electrons. The van der Waals surface area contributed by atoms with Crippen LogP contribution >= 0.6 is 7.82 Å². The summed E-state index contributed by atoms with van der Waals surface area (Å²) in [4.78, 5) is 48.7. The van der Waals surface area contributed by atoms with E-state index in [9.17, 15) is 28.9 Å². The van der Waals surface area contributed by atoms with Crippen molar-refractivity contribution >= 4 is 25.7 Å². The highest BCUT2D eigenvalue weighted by atomic mass is 31.2. The number of rotatable bonds is 58. The van der Waals surface area contributed by atoms with Crippen LogP contribution in [0.4, 0.5) is 0 Å². The maximum Gasteiger partial charge on any atom is 0.472 e. The van der Waals surface area contributed by atoms with Crippen LogP contribution in [0, 0.1) is 0 Å². The molecule has 0 aromatic rings. The number of aliphatic hydroxyl groups excluding tert-OH is 1. The van der Waals surface area contributed by atoms with Crippen molar-refractivity contribution in [3.63, 3.8) is 0 Å². The Morgan fingerprint density at radius 1 is 0.362 bits per heavy atom. The molecule has 80 heavy (non-hydrogen) atoms. The highest BCUT2D eigenvalue weighted by Gasteiger charge is 2.28. The third-order valence-corrected chi connectivity index (χ3v) is 14.1. The molecule has 0 saturated heterocycles. The minimum Gasteiger partial charge on any atom is -0.462 e. The largest absolute Gasteiger partial charge is 0.472 e. The molecule has 0 fully saturated rings. The van der Waals surface area contributed by atoms with Gasteiger partial charge in [0.1, 0.15) is 12.7 Å². The summed E-state index contributed by atoms with van der Waals surface area (Å²) < 4.78 is 39.6.